The summed E-state index contributed by atoms with van der Waals surface area (Å²) >= 11 is 5.60. The molecule has 2 aromatic rings. The first kappa shape index (κ1) is 13.3. The number of Topliss-reactive ketones (excluding diaryl/α,β-unsaturated/α-hetero) is 1. The summed E-state index contributed by atoms with van der Waals surface area (Å²) in [6.45, 7) is 0. The predicted octanol–water partition coefficient (Wildman–Crippen LogP) is 2.64. The molecule has 0 bridgehead atoms. The summed E-state index contributed by atoms with van der Waals surface area (Å²) in [5.41, 5.74) is 0.142. The van der Waals surface area contributed by atoms with E-state index in [1.807, 2.05) is 0 Å². The number of hydrogen-bond donors (Lipinski definition) is 1. The fraction of sp³-hybridized carbons (Fsp3) is 0.0769. The Hall–Kier alpha value is -2.14. The number of nitrogens with zero attached hydrogens (tertiary/aromatic N) is 1. The molecule has 0 aliphatic heterocycles. The average Bonchev–Trinajstić information content (AvgIpc) is 2.78. The first-order chi connectivity index (χ1) is 8.99. The Balaban J connectivity index is 2.18. The zero-order chi connectivity index (χ0) is 14.0. The van der Waals surface area contributed by atoms with Crippen LogP contribution in [0.3, 0.4) is 0 Å². The fourth-order valence-corrected chi connectivity index (χ4v) is 1.74. The lowest BCUT2D eigenvalue weighted by Gasteiger charge is -2.06. The number of hydrogen-bond acceptors (Lipinski definition) is 2. The molecule has 0 saturated carbocycles. The van der Waals surface area contributed by atoms with Crippen LogP contribution >= 0.6 is 11.6 Å². The van der Waals surface area contributed by atoms with Crippen molar-refractivity contribution >= 4 is 29.0 Å². The second-order valence-electron chi connectivity index (χ2n) is 3.91. The second kappa shape index (κ2) is 5.24. The van der Waals surface area contributed by atoms with Gasteiger partial charge in [0, 0.05) is 18.3 Å². The number of carbonyl (C=O) groups excluding carboxylic acids is 2. The molecule has 1 amide bonds. The fourth-order valence-electron chi connectivity index (χ4n) is 1.58. The number of carbonyl (C=O) groups is 2. The van der Waals surface area contributed by atoms with Gasteiger partial charge in [0.1, 0.15) is 5.82 Å². The van der Waals surface area contributed by atoms with Gasteiger partial charge in [-0.25, -0.2) is 4.39 Å². The monoisotopic (exact) mass is 280 g/mol. The van der Waals surface area contributed by atoms with Crippen LogP contribution in [0.2, 0.25) is 5.02 Å². The molecular formula is C13H10ClFN2O2. The van der Waals surface area contributed by atoms with Crippen LogP contribution in [0.5, 0.6) is 0 Å². The quantitative estimate of drug-likeness (QED) is 0.694. The molecule has 4 nitrogen and oxygen atoms in total. The summed E-state index contributed by atoms with van der Waals surface area (Å²) in [5, 5.41) is 2.43. The number of aromatic nitrogens is 1. The molecule has 19 heavy (non-hydrogen) atoms. The van der Waals surface area contributed by atoms with Crippen molar-refractivity contribution in [3.8, 4) is 0 Å². The minimum Gasteiger partial charge on any atom is -0.348 e. The predicted molar refractivity (Wildman–Crippen MR) is 69.8 cm³/mol. The molecule has 0 saturated heterocycles. The molecule has 0 unspecified atom stereocenters. The Bertz CT molecular complexity index is 652. The number of amides is 1. The van der Waals surface area contributed by atoms with E-state index < -0.39 is 17.5 Å². The topological polar surface area (TPSA) is 51.1 Å². The average molecular weight is 281 g/mol. The van der Waals surface area contributed by atoms with Gasteiger partial charge < -0.3 is 9.88 Å². The standard InChI is InChI=1S/C13H10ClFN2O2/c1-17-6-2-3-11(17)12(18)13(19)16-10-5-4-8(14)7-9(10)15/h2-7H,1H3,(H,16,19). The molecule has 0 atom stereocenters. The van der Waals surface area contributed by atoms with Gasteiger partial charge in [-0.05, 0) is 30.3 Å². The molecular weight excluding hydrogens is 271 g/mol. The van der Waals surface area contributed by atoms with Crippen molar-refractivity contribution in [1.29, 1.82) is 0 Å². The Morgan fingerprint density at radius 2 is 2.05 bits per heavy atom. The van der Waals surface area contributed by atoms with Crippen molar-refractivity contribution in [2.45, 2.75) is 0 Å². The SMILES string of the molecule is Cn1cccc1C(=O)C(=O)Nc1ccc(Cl)cc1F. The highest BCUT2D eigenvalue weighted by Gasteiger charge is 2.19. The second-order valence-corrected chi connectivity index (χ2v) is 4.35. The van der Waals surface area contributed by atoms with Crippen LogP contribution in [0.15, 0.2) is 36.5 Å². The first-order valence-electron chi connectivity index (χ1n) is 5.41. The van der Waals surface area contributed by atoms with Gasteiger partial charge in [-0.2, -0.15) is 0 Å². The normalized spacial score (nSPS) is 10.3. The number of anilines is 1. The van der Waals surface area contributed by atoms with Gasteiger partial charge >= 0.3 is 0 Å². The Morgan fingerprint density at radius 3 is 2.63 bits per heavy atom. The molecule has 98 valence electrons. The van der Waals surface area contributed by atoms with E-state index in [9.17, 15) is 14.0 Å². The highest BCUT2D eigenvalue weighted by Crippen LogP contribution is 2.19. The molecule has 6 heteroatoms. The summed E-state index contributed by atoms with van der Waals surface area (Å²) in [5.74, 6) is -2.33. The van der Waals surface area contributed by atoms with Crippen molar-refractivity contribution in [2.75, 3.05) is 5.32 Å². The minimum absolute atomic E-state index is 0.0861. The van der Waals surface area contributed by atoms with Crippen LogP contribution in [-0.2, 0) is 11.8 Å². The Morgan fingerprint density at radius 1 is 1.32 bits per heavy atom. The van der Waals surface area contributed by atoms with E-state index in [0.29, 0.717) is 0 Å². The van der Waals surface area contributed by atoms with Gasteiger partial charge in [0.2, 0.25) is 0 Å². The van der Waals surface area contributed by atoms with Crippen molar-refractivity contribution < 1.29 is 14.0 Å². The molecule has 0 radical (unpaired) electrons. The molecule has 0 spiro atoms. The molecule has 1 aromatic carbocycles. The summed E-state index contributed by atoms with van der Waals surface area (Å²) in [6.07, 6.45) is 1.64. The number of halogens is 2. The molecule has 0 aliphatic carbocycles. The van der Waals surface area contributed by atoms with Gasteiger partial charge in [-0.3, -0.25) is 9.59 Å². The zero-order valence-electron chi connectivity index (χ0n) is 9.98. The number of nitrogens with one attached hydrogen (secondary N) is 1. The van der Waals surface area contributed by atoms with E-state index in [-0.39, 0.29) is 16.4 Å². The minimum atomic E-state index is -0.900. The third-order valence-electron chi connectivity index (χ3n) is 2.56. The molecule has 0 aliphatic rings. The van der Waals surface area contributed by atoms with Gasteiger partial charge in [0.25, 0.3) is 11.7 Å². The highest BCUT2D eigenvalue weighted by atomic mass is 35.5. The number of rotatable bonds is 3. The third kappa shape index (κ3) is 2.82. The summed E-state index contributed by atoms with van der Waals surface area (Å²) in [4.78, 5) is 23.6. The number of ketones is 1. The molecule has 1 aromatic heterocycles. The lowest BCUT2D eigenvalue weighted by molar-refractivity contribution is -0.112. The maximum absolute atomic E-state index is 13.5. The highest BCUT2D eigenvalue weighted by molar-refractivity contribution is 6.46. The van der Waals surface area contributed by atoms with E-state index >= 15 is 0 Å². The maximum atomic E-state index is 13.5. The summed E-state index contributed by atoms with van der Waals surface area (Å²) in [6, 6.07) is 6.94. The van der Waals surface area contributed by atoms with E-state index in [4.69, 9.17) is 11.6 Å². The smallest absolute Gasteiger partial charge is 0.298 e. The van der Waals surface area contributed by atoms with Crippen molar-refractivity contribution in [3.05, 3.63) is 53.1 Å². The largest absolute Gasteiger partial charge is 0.348 e. The van der Waals surface area contributed by atoms with Crippen LogP contribution in [0.1, 0.15) is 10.5 Å². The zero-order valence-corrected chi connectivity index (χ0v) is 10.7. The van der Waals surface area contributed by atoms with Gasteiger partial charge in [-0.15, -0.1) is 0 Å². The van der Waals surface area contributed by atoms with Crippen LogP contribution in [-0.4, -0.2) is 16.3 Å². The van der Waals surface area contributed by atoms with Crippen molar-refractivity contribution in [2.24, 2.45) is 7.05 Å². The van der Waals surface area contributed by atoms with Crippen molar-refractivity contribution in [3.63, 3.8) is 0 Å². The lowest BCUT2D eigenvalue weighted by Crippen LogP contribution is -2.25. The molecule has 1 N–H and O–H groups in total. The van der Waals surface area contributed by atoms with E-state index in [0.717, 1.165) is 6.07 Å². The van der Waals surface area contributed by atoms with E-state index in [1.54, 1.807) is 19.3 Å². The van der Waals surface area contributed by atoms with E-state index in [2.05, 4.69) is 5.32 Å². The summed E-state index contributed by atoms with van der Waals surface area (Å²) < 4.78 is 15.0. The van der Waals surface area contributed by atoms with Gasteiger partial charge in [-0.1, -0.05) is 11.6 Å². The van der Waals surface area contributed by atoms with Crippen LogP contribution in [0, 0.1) is 5.82 Å². The molecule has 1 heterocycles. The van der Waals surface area contributed by atoms with E-state index in [1.165, 1.54) is 22.8 Å². The van der Waals surface area contributed by atoms with Crippen LogP contribution in [0.25, 0.3) is 0 Å². The number of aryl methyl sites for hydroxylation is 1. The molecule has 0 fully saturated rings. The summed E-state index contributed by atoms with van der Waals surface area (Å²) in [7, 11) is 1.64. The van der Waals surface area contributed by atoms with Gasteiger partial charge in [0.15, 0.2) is 0 Å². The lowest BCUT2D eigenvalue weighted by atomic mass is 10.2. The molecule has 2 rings (SSSR count). The third-order valence-corrected chi connectivity index (χ3v) is 2.80. The van der Waals surface area contributed by atoms with Gasteiger partial charge in [0.05, 0.1) is 11.4 Å². The Labute approximate surface area is 113 Å². The van der Waals surface area contributed by atoms with Crippen LogP contribution < -0.4 is 5.32 Å². The number of benzene rings is 1. The Kier molecular flexibility index (Phi) is 3.66. The van der Waals surface area contributed by atoms with Crippen LogP contribution in [0.4, 0.5) is 10.1 Å². The first-order valence-corrected chi connectivity index (χ1v) is 5.79. The van der Waals surface area contributed by atoms with Crippen molar-refractivity contribution in [1.82, 2.24) is 4.57 Å². The maximum Gasteiger partial charge on any atom is 0.298 e.